The van der Waals surface area contributed by atoms with E-state index in [0.717, 1.165) is 3.92 Å². The molecular weight excluding hydrogens is 477 g/mol. The Hall–Kier alpha value is 1.41. The second-order valence-corrected chi connectivity index (χ2v) is 6.42. The van der Waals surface area contributed by atoms with Crippen LogP contribution in [0.2, 0.25) is 0 Å². The summed E-state index contributed by atoms with van der Waals surface area (Å²) in [5.74, 6) is 0. The predicted molar refractivity (Wildman–Crippen MR) is 72.3 cm³/mol. The Morgan fingerprint density at radius 3 is 2.36 bits per heavy atom. The minimum Gasteiger partial charge on any atom is -0.0770 e. The smallest absolute Gasteiger partial charge is 0.0413 e. The van der Waals surface area contributed by atoms with Crippen molar-refractivity contribution in [3.63, 3.8) is 0 Å². The minimum atomic E-state index is 0.768. The van der Waals surface area contributed by atoms with Crippen LogP contribution in [0, 0.1) is 7.14 Å². The molecule has 0 saturated heterocycles. The van der Waals surface area contributed by atoms with Crippen molar-refractivity contribution in [1.29, 1.82) is 0 Å². The van der Waals surface area contributed by atoms with Crippen LogP contribution in [0.3, 0.4) is 0 Å². The van der Waals surface area contributed by atoms with Crippen molar-refractivity contribution in [2.24, 2.45) is 0 Å². The minimum absolute atomic E-state index is 0.768. The molecule has 0 bridgehead atoms. The SMILES string of the molecule is Ic1ccc(I)c2c1CC2I. The van der Waals surface area contributed by atoms with Gasteiger partial charge in [-0.3, -0.25) is 0 Å². The molecule has 1 aliphatic rings. The molecule has 3 heteroatoms. The number of rotatable bonds is 0. The average Bonchev–Trinajstić information content (AvgIpc) is 1.93. The number of hydrogen-bond acceptors (Lipinski definition) is 0. The summed E-state index contributed by atoms with van der Waals surface area (Å²) < 4.78 is 3.64. The molecule has 0 spiro atoms. The first-order valence-electron chi connectivity index (χ1n) is 3.31. The molecule has 1 unspecified atom stereocenters. The number of fused-ring (bicyclic) bond motifs is 1. The van der Waals surface area contributed by atoms with Crippen molar-refractivity contribution in [2.45, 2.75) is 10.3 Å². The van der Waals surface area contributed by atoms with E-state index < -0.39 is 0 Å². The van der Waals surface area contributed by atoms with Gasteiger partial charge in [-0.2, -0.15) is 0 Å². The molecule has 1 atom stereocenters. The summed E-state index contributed by atoms with van der Waals surface area (Å²) in [7, 11) is 0. The van der Waals surface area contributed by atoms with Gasteiger partial charge in [0.05, 0.1) is 0 Å². The van der Waals surface area contributed by atoms with Crippen molar-refractivity contribution in [2.75, 3.05) is 0 Å². The van der Waals surface area contributed by atoms with E-state index in [1.165, 1.54) is 13.6 Å². The molecule has 1 aliphatic carbocycles. The Morgan fingerprint density at radius 1 is 1.18 bits per heavy atom. The van der Waals surface area contributed by atoms with Crippen molar-refractivity contribution in [3.8, 4) is 0 Å². The first kappa shape index (κ1) is 8.98. The summed E-state index contributed by atoms with van der Waals surface area (Å²) in [6.45, 7) is 0. The maximum absolute atomic E-state index is 2.52. The molecule has 0 aliphatic heterocycles. The molecular formula is C8H5I3. The van der Waals surface area contributed by atoms with Crippen LogP contribution >= 0.6 is 67.8 Å². The van der Waals surface area contributed by atoms with Gasteiger partial charge in [0, 0.05) is 11.1 Å². The fraction of sp³-hybridized carbons (Fsp3) is 0.250. The zero-order valence-corrected chi connectivity index (χ0v) is 12.0. The molecule has 0 N–H and O–H groups in total. The number of hydrogen-bond donors (Lipinski definition) is 0. The second kappa shape index (κ2) is 3.28. The standard InChI is InChI=1S/C8H5I3/c9-5-1-2-6(10)8-4(5)3-7(8)11/h1-2,7H,3H2. The lowest BCUT2D eigenvalue weighted by Gasteiger charge is -2.28. The molecule has 1 aromatic carbocycles. The highest BCUT2D eigenvalue weighted by Crippen LogP contribution is 2.44. The van der Waals surface area contributed by atoms with E-state index in [9.17, 15) is 0 Å². The van der Waals surface area contributed by atoms with Gasteiger partial charge in [-0.25, -0.2) is 0 Å². The molecule has 0 amide bonds. The number of halogens is 3. The van der Waals surface area contributed by atoms with E-state index in [2.05, 4.69) is 79.9 Å². The highest BCUT2D eigenvalue weighted by Gasteiger charge is 2.27. The largest absolute Gasteiger partial charge is 0.0770 e. The fourth-order valence-electron chi connectivity index (χ4n) is 1.31. The first-order valence-corrected chi connectivity index (χ1v) is 6.71. The van der Waals surface area contributed by atoms with Gasteiger partial charge < -0.3 is 0 Å². The average molecular weight is 482 g/mol. The quantitative estimate of drug-likeness (QED) is 0.389. The molecule has 0 saturated carbocycles. The van der Waals surface area contributed by atoms with Gasteiger partial charge in [-0.15, -0.1) is 0 Å². The van der Waals surface area contributed by atoms with Gasteiger partial charge in [0.15, 0.2) is 0 Å². The van der Waals surface area contributed by atoms with Crippen molar-refractivity contribution < 1.29 is 0 Å². The van der Waals surface area contributed by atoms with Gasteiger partial charge in [-0.1, -0.05) is 22.6 Å². The number of alkyl halides is 1. The van der Waals surface area contributed by atoms with E-state index in [0.29, 0.717) is 0 Å². The van der Waals surface area contributed by atoms with Gasteiger partial charge in [-0.05, 0) is 74.9 Å². The Bertz CT molecular complexity index is 306. The third kappa shape index (κ3) is 1.45. The highest BCUT2D eigenvalue weighted by atomic mass is 127. The molecule has 0 heterocycles. The Kier molecular flexibility index (Phi) is 2.68. The zero-order chi connectivity index (χ0) is 8.01. The summed E-state index contributed by atoms with van der Waals surface area (Å²) in [4.78, 5) is 0. The summed E-state index contributed by atoms with van der Waals surface area (Å²) in [5, 5.41) is 0. The third-order valence-electron chi connectivity index (χ3n) is 1.94. The molecule has 1 aromatic rings. The van der Waals surface area contributed by atoms with Gasteiger partial charge in [0.1, 0.15) is 0 Å². The van der Waals surface area contributed by atoms with Crippen LogP contribution < -0.4 is 0 Å². The van der Waals surface area contributed by atoms with Crippen molar-refractivity contribution in [1.82, 2.24) is 0 Å². The summed E-state index contributed by atoms with van der Waals surface area (Å²) in [5.41, 5.74) is 3.16. The molecule has 11 heavy (non-hydrogen) atoms. The predicted octanol–water partition coefficient (Wildman–Crippen LogP) is 3.93. The Balaban J connectivity index is 2.62. The van der Waals surface area contributed by atoms with E-state index in [1.807, 2.05) is 0 Å². The lowest BCUT2D eigenvalue weighted by Crippen LogP contribution is -2.15. The van der Waals surface area contributed by atoms with Crippen LogP contribution in [0.1, 0.15) is 15.1 Å². The zero-order valence-electron chi connectivity index (χ0n) is 5.57. The van der Waals surface area contributed by atoms with Crippen molar-refractivity contribution in [3.05, 3.63) is 30.4 Å². The lowest BCUT2D eigenvalue weighted by molar-refractivity contribution is 0.830. The Labute approximate surface area is 107 Å². The molecule has 58 valence electrons. The van der Waals surface area contributed by atoms with E-state index in [4.69, 9.17) is 0 Å². The fourth-order valence-corrected chi connectivity index (χ4v) is 4.63. The van der Waals surface area contributed by atoms with Crippen molar-refractivity contribution >= 4 is 67.8 Å². The third-order valence-corrected chi connectivity index (χ3v) is 4.96. The first-order chi connectivity index (χ1) is 5.20. The lowest BCUT2D eigenvalue weighted by atomic mass is 9.89. The molecule has 0 nitrogen and oxygen atoms in total. The molecule has 0 radical (unpaired) electrons. The maximum Gasteiger partial charge on any atom is 0.0413 e. The topological polar surface area (TPSA) is 0 Å². The summed E-state index contributed by atoms with van der Waals surface area (Å²) in [6.07, 6.45) is 1.27. The summed E-state index contributed by atoms with van der Waals surface area (Å²) in [6, 6.07) is 4.43. The monoisotopic (exact) mass is 482 g/mol. The molecule has 0 aromatic heterocycles. The van der Waals surface area contributed by atoms with Crippen LogP contribution in [-0.2, 0) is 6.42 Å². The van der Waals surface area contributed by atoms with Crippen LogP contribution in [0.4, 0.5) is 0 Å². The normalized spacial score (nSPS) is 20.8. The Morgan fingerprint density at radius 2 is 1.82 bits per heavy atom. The second-order valence-electron chi connectivity index (χ2n) is 2.59. The van der Waals surface area contributed by atoms with Gasteiger partial charge in [0.25, 0.3) is 0 Å². The highest BCUT2D eigenvalue weighted by molar-refractivity contribution is 14.1. The number of benzene rings is 1. The summed E-state index contributed by atoms with van der Waals surface area (Å²) >= 11 is 7.37. The van der Waals surface area contributed by atoms with Crippen LogP contribution in [0.5, 0.6) is 0 Å². The maximum atomic E-state index is 2.52. The molecule has 2 rings (SSSR count). The van der Waals surface area contributed by atoms with Gasteiger partial charge >= 0.3 is 0 Å². The van der Waals surface area contributed by atoms with Gasteiger partial charge in [0.2, 0.25) is 0 Å². The van der Waals surface area contributed by atoms with Crippen LogP contribution in [-0.4, -0.2) is 0 Å². The van der Waals surface area contributed by atoms with E-state index >= 15 is 0 Å². The van der Waals surface area contributed by atoms with Crippen LogP contribution in [0.15, 0.2) is 12.1 Å². The van der Waals surface area contributed by atoms with E-state index in [1.54, 1.807) is 11.1 Å². The van der Waals surface area contributed by atoms with Crippen LogP contribution in [0.25, 0.3) is 0 Å². The van der Waals surface area contributed by atoms with E-state index in [-0.39, 0.29) is 0 Å². The molecule has 0 fully saturated rings.